The normalized spacial score (nSPS) is 14.5. The Morgan fingerprint density at radius 2 is 1.73 bits per heavy atom. The molecular weight excluding hydrogens is 546 g/mol. The Bertz CT molecular complexity index is 1550. The highest BCUT2D eigenvalue weighted by atomic mass is 32.2. The Labute approximate surface area is 239 Å². The summed E-state index contributed by atoms with van der Waals surface area (Å²) >= 11 is 1.68. The molecule has 0 spiro atoms. The highest BCUT2D eigenvalue weighted by Crippen LogP contribution is 2.34. The standard InChI is InChI=1S/C29H33N5O4S2/c1-32(21-22-7-4-3-5-8-22)40(36,37)24-13-11-23(12-14-24)28(35)30-15-16-33-17-19-34(20-18-33)29-31-27-25(38-2)9-6-10-26(27)39-29/h3-14H,15-21H2,1-2H3,(H,30,35). The average Bonchev–Trinajstić information content (AvgIpc) is 3.43. The number of rotatable bonds is 10. The zero-order valence-corrected chi connectivity index (χ0v) is 24.2. The maximum absolute atomic E-state index is 13.0. The van der Waals surface area contributed by atoms with Gasteiger partial charge in [0.1, 0.15) is 11.3 Å². The van der Waals surface area contributed by atoms with Crippen molar-refractivity contribution >= 4 is 42.6 Å². The number of carbonyl (C=O) groups excluding carboxylic acids is 1. The van der Waals surface area contributed by atoms with Gasteiger partial charge in [0.15, 0.2) is 5.13 Å². The molecule has 0 saturated carbocycles. The summed E-state index contributed by atoms with van der Waals surface area (Å²) in [6.07, 6.45) is 0. The lowest BCUT2D eigenvalue weighted by Gasteiger charge is -2.34. The average molecular weight is 580 g/mol. The molecule has 1 saturated heterocycles. The SMILES string of the molecule is COc1cccc2sc(N3CCN(CCNC(=O)c4ccc(S(=O)(=O)N(C)Cc5ccccc5)cc4)CC3)nc12. The van der Waals surface area contributed by atoms with E-state index < -0.39 is 10.0 Å². The Kier molecular flexibility index (Phi) is 8.65. The van der Waals surface area contributed by atoms with Gasteiger partial charge < -0.3 is 15.0 Å². The summed E-state index contributed by atoms with van der Waals surface area (Å²) < 4.78 is 33.8. The van der Waals surface area contributed by atoms with Crippen molar-refractivity contribution in [2.24, 2.45) is 0 Å². The largest absolute Gasteiger partial charge is 0.494 e. The van der Waals surface area contributed by atoms with Gasteiger partial charge in [-0.2, -0.15) is 4.31 Å². The van der Waals surface area contributed by atoms with Crippen molar-refractivity contribution < 1.29 is 17.9 Å². The molecule has 1 amide bonds. The molecule has 40 heavy (non-hydrogen) atoms. The van der Waals surface area contributed by atoms with Crippen LogP contribution in [0.4, 0.5) is 5.13 Å². The van der Waals surface area contributed by atoms with E-state index in [-0.39, 0.29) is 17.3 Å². The summed E-state index contributed by atoms with van der Waals surface area (Å²) in [4.78, 5) is 22.3. The zero-order chi connectivity index (χ0) is 28.1. The lowest BCUT2D eigenvalue weighted by Crippen LogP contribution is -2.48. The molecule has 9 nitrogen and oxygen atoms in total. The highest BCUT2D eigenvalue weighted by molar-refractivity contribution is 7.89. The topological polar surface area (TPSA) is 95.1 Å². The number of benzene rings is 3. The summed E-state index contributed by atoms with van der Waals surface area (Å²) in [6, 6.07) is 21.5. The van der Waals surface area contributed by atoms with Gasteiger partial charge in [-0.15, -0.1) is 0 Å². The smallest absolute Gasteiger partial charge is 0.251 e. The summed E-state index contributed by atoms with van der Waals surface area (Å²) in [5.41, 5.74) is 2.24. The van der Waals surface area contributed by atoms with E-state index in [1.165, 1.54) is 16.4 Å². The first-order valence-corrected chi connectivity index (χ1v) is 15.4. The number of carbonyl (C=O) groups is 1. The van der Waals surface area contributed by atoms with Crippen LogP contribution in [0.2, 0.25) is 0 Å². The highest BCUT2D eigenvalue weighted by Gasteiger charge is 2.22. The van der Waals surface area contributed by atoms with Gasteiger partial charge >= 0.3 is 0 Å². The molecule has 5 rings (SSSR count). The molecule has 1 aliphatic rings. The van der Waals surface area contributed by atoms with Crippen LogP contribution in [0.1, 0.15) is 15.9 Å². The van der Waals surface area contributed by atoms with Crippen LogP contribution in [-0.4, -0.2) is 81.9 Å². The summed E-state index contributed by atoms with van der Waals surface area (Å²) in [7, 11) is -0.447. The summed E-state index contributed by atoms with van der Waals surface area (Å²) in [6.45, 7) is 5.02. The maximum Gasteiger partial charge on any atom is 0.251 e. The van der Waals surface area contributed by atoms with Crippen LogP contribution in [0.5, 0.6) is 5.75 Å². The van der Waals surface area contributed by atoms with Crippen LogP contribution in [-0.2, 0) is 16.6 Å². The first-order valence-electron chi connectivity index (χ1n) is 13.1. The van der Waals surface area contributed by atoms with E-state index in [0.29, 0.717) is 12.1 Å². The molecule has 2 heterocycles. The molecule has 11 heteroatoms. The van der Waals surface area contributed by atoms with Crippen LogP contribution in [0, 0.1) is 0 Å². The fraction of sp³-hybridized carbons (Fsp3) is 0.310. The number of hydrogen-bond acceptors (Lipinski definition) is 8. The molecule has 0 unspecified atom stereocenters. The van der Waals surface area contributed by atoms with Crippen molar-refractivity contribution in [3.63, 3.8) is 0 Å². The quantitative estimate of drug-likeness (QED) is 0.306. The van der Waals surface area contributed by atoms with Crippen LogP contribution in [0.15, 0.2) is 77.7 Å². The van der Waals surface area contributed by atoms with Crippen molar-refractivity contribution in [1.29, 1.82) is 0 Å². The second kappa shape index (κ2) is 12.3. The Balaban J connectivity index is 1.08. The predicted octanol–water partition coefficient (Wildman–Crippen LogP) is 3.68. The van der Waals surface area contributed by atoms with Gasteiger partial charge in [0.05, 0.1) is 16.7 Å². The first kappa shape index (κ1) is 28.0. The molecule has 0 bridgehead atoms. The van der Waals surface area contributed by atoms with E-state index in [2.05, 4.69) is 21.2 Å². The number of nitrogens with zero attached hydrogens (tertiary/aromatic N) is 4. The lowest BCUT2D eigenvalue weighted by molar-refractivity contribution is 0.0947. The predicted molar refractivity (Wildman–Crippen MR) is 159 cm³/mol. The van der Waals surface area contributed by atoms with E-state index in [0.717, 1.165) is 59.4 Å². The molecule has 1 aromatic heterocycles. The number of methoxy groups -OCH3 is 1. The van der Waals surface area contributed by atoms with Crippen LogP contribution in [0.25, 0.3) is 10.2 Å². The minimum atomic E-state index is -3.67. The van der Waals surface area contributed by atoms with Crippen molar-refractivity contribution in [2.45, 2.75) is 11.4 Å². The lowest BCUT2D eigenvalue weighted by atomic mass is 10.2. The van der Waals surface area contributed by atoms with Gasteiger partial charge in [-0.1, -0.05) is 47.7 Å². The van der Waals surface area contributed by atoms with Gasteiger partial charge in [0, 0.05) is 58.4 Å². The Hall–Kier alpha value is -3.51. The van der Waals surface area contributed by atoms with Crippen LogP contribution >= 0.6 is 11.3 Å². The van der Waals surface area contributed by atoms with Crippen molar-refractivity contribution in [3.8, 4) is 5.75 Å². The third-order valence-corrected chi connectivity index (χ3v) is 9.92. The fourth-order valence-electron chi connectivity index (χ4n) is 4.69. The number of anilines is 1. The zero-order valence-electron chi connectivity index (χ0n) is 22.6. The third kappa shape index (κ3) is 6.28. The number of para-hydroxylation sites is 1. The number of aromatic nitrogens is 1. The van der Waals surface area contributed by atoms with Crippen molar-refractivity contribution in [1.82, 2.24) is 19.5 Å². The van der Waals surface area contributed by atoms with Gasteiger partial charge in [-0.25, -0.2) is 13.4 Å². The molecule has 1 aliphatic heterocycles. The van der Waals surface area contributed by atoms with Gasteiger partial charge in [0.25, 0.3) is 5.91 Å². The monoisotopic (exact) mass is 579 g/mol. The van der Waals surface area contributed by atoms with E-state index in [1.54, 1.807) is 37.6 Å². The van der Waals surface area contributed by atoms with E-state index in [1.807, 2.05) is 42.5 Å². The van der Waals surface area contributed by atoms with Gasteiger partial charge in [-0.05, 0) is 42.0 Å². The number of nitrogens with one attached hydrogen (secondary N) is 1. The Morgan fingerprint density at radius 3 is 2.42 bits per heavy atom. The minimum absolute atomic E-state index is 0.159. The maximum atomic E-state index is 13.0. The van der Waals surface area contributed by atoms with Crippen molar-refractivity contribution in [2.75, 3.05) is 58.3 Å². The molecule has 0 radical (unpaired) electrons. The van der Waals surface area contributed by atoms with Crippen LogP contribution in [0.3, 0.4) is 0 Å². The molecule has 0 aliphatic carbocycles. The van der Waals surface area contributed by atoms with Crippen molar-refractivity contribution in [3.05, 3.63) is 83.9 Å². The van der Waals surface area contributed by atoms with E-state index in [4.69, 9.17) is 9.72 Å². The minimum Gasteiger partial charge on any atom is -0.494 e. The van der Waals surface area contributed by atoms with Crippen LogP contribution < -0.4 is 15.0 Å². The van der Waals surface area contributed by atoms with E-state index >= 15 is 0 Å². The van der Waals surface area contributed by atoms with Gasteiger partial charge in [0.2, 0.25) is 10.0 Å². The second-order valence-corrected chi connectivity index (χ2v) is 12.7. The number of piperazine rings is 1. The number of ether oxygens (including phenoxy) is 1. The summed E-state index contributed by atoms with van der Waals surface area (Å²) in [5.74, 6) is 0.574. The number of thiazole rings is 1. The number of amides is 1. The third-order valence-electron chi connectivity index (χ3n) is 7.02. The molecule has 210 valence electrons. The second-order valence-electron chi connectivity index (χ2n) is 9.66. The Morgan fingerprint density at radius 1 is 1.00 bits per heavy atom. The van der Waals surface area contributed by atoms with E-state index in [9.17, 15) is 13.2 Å². The first-order chi connectivity index (χ1) is 19.3. The fourth-order valence-corrected chi connectivity index (χ4v) is 6.88. The number of sulfonamides is 1. The molecule has 0 atom stereocenters. The molecule has 3 aromatic carbocycles. The number of fused-ring (bicyclic) bond motifs is 1. The molecule has 4 aromatic rings. The molecular formula is C29H33N5O4S2. The molecule has 1 fully saturated rings. The summed E-state index contributed by atoms with van der Waals surface area (Å²) in [5, 5.41) is 3.96. The number of hydrogen-bond donors (Lipinski definition) is 1. The molecule has 1 N–H and O–H groups in total. The van der Waals surface area contributed by atoms with Gasteiger partial charge in [-0.3, -0.25) is 9.69 Å².